The molecule has 3 aliphatic rings. The number of imide groups is 1. The Morgan fingerprint density at radius 1 is 1.00 bits per heavy atom. The van der Waals surface area contributed by atoms with Gasteiger partial charge in [0.15, 0.2) is 0 Å². The van der Waals surface area contributed by atoms with Crippen LogP contribution in [-0.4, -0.2) is 72.6 Å². The average molecular weight is 806 g/mol. The minimum absolute atomic E-state index is 0.131. The van der Waals surface area contributed by atoms with Gasteiger partial charge >= 0.3 is 11.9 Å². The molecule has 3 amide bonds. The molecule has 2 saturated heterocycles. The largest absolute Gasteiger partial charge is 0.433 e. The highest BCUT2D eigenvalue weighted by atomic mass is 19.4. The Kier molecular flexibility index (Phi) is 10.9. The van der Waals surface area contributed by atoms with E-state index in [9.17, 15) is 46.4 Å². The van der Waals surface area contributed by atoms with Crippen molar-refractivity contribution in [2.24, 2.45) is 7.05 Å². The fourth-order valence-corrected chi connectivity index (χ4v) is 8.20. The first-order valence-corrected chi connectivity index (χ1v) is 18.9. The van der Waals surface area contributed by atoms with Gasteiger partial charge in [0.2, 0.25) is 11.8 Å². The number of amides is 3. The normalized spacial score (nSPS) is 20.3. The van der Waals surface area contributed by atoms with Gasteiger partial charge in [-0.25, -0.2) is 18.6 Å². The van der Waals surface area contributed by atoms with Crippen molar-refractivity contribution in [3.8, 4) is 6.07 Å². The van der Waals surface area contributed by atoms with Gasteiger partial charge in [0.1, 0.15) is 23.5 Å². The Morgan fingerprint density at radius 3 is 2.43 bits per heavy atom. The maximum absolute atomic E-state index is 14.8. The van der Waals surface area contributed by atoms with Crippen molar-refractivity contribution in [2.75, 3.05) is 25.5 Å². The average Bonchev–Trinajstić information content (AvgIpc) is 3.72. The standard InChI is InChI=1S/C21H18F3N5O.C19H22F2N4O3/c22-21(23,24)19-8-4-7-16(26-19)20(30)27-17-10-14-12-29(15-5-2-1-3-6-15)28-18(14)9-13(17)11-25;1-23-9-8-12(19(20,21)10-23)11-4-3-5-13-16(11)24(2)18(28)25(13)14-6-7-15(26)22-17(14)27/h4,7-10,12,15H,1-3,5-6H2,(H,27,30);3-5,12,14H,6-10H2,1-2H3,(H,22,26,27). The summed E-state index contributed by atoms with van der Waals surface area (Å²) in [6, 6.07) is 12.7. The van der Waals surface area contributed by atoms with Crippen molar-refractivity contribution in [2.45, 2.75) is 81.5 Å². The minimum Gasteiger partial charge on any atom is -0.319 e. The molecule has 2 aromatic carbocycles. The third-order valence-corrected chi connectivity index (χ3v) is 11.1. The van der Waals surface area contributed by atoms with E-state index in [1.54, 1.807) is 42.3 Å². The predicted octanol–water partition coefficient (Wildman–Crippen LogP) is 6.45. The number of halogens is 5. The minimum atomic E-state index is -4.65. The summed E-state index contributed by atoms with van der Waals surface area (Å²) < 4.78 is 72.7. The number of benzene rings is 2. The van der Waals surface area contributed by atoms with Crippen molar-refractivity contribution in [1.82, 2.24) is 34.1 Å². The van der Waals surface area contributed by atoms with Gasteiger partial charge in [0.05, 0.1) is 46.3 Å². The summed E-state index contributed by atoms with van der Waals surface area (Å²) in [6.07, 6.45) is 3.45. The smallest absolute Gasteiger partial charge is 0.319 e. The van der Waals surface area contributed by atoms with Crippen LogP contribution in [0.25, 0.3) is 21.9 Å². The van der Waals surface area contributed by atoms with Gasteiger partial charge in [-0.05, 0) is 75.2 Å². The molecule has 3 fully saturated rings. The summed E-state index contributed by atoms with van der Waals surface area (Å²) in [7, 11) is 3.20. The number of hydrogen-bond acceptors (Lipinski definition) is 8. The lowest BCUT2D eigenvalue weighted by molar-refractivity contribution is -0.141. The number of nitrogens with one attached hydrogen (secondary N) is 2. The number of piperidine rings is 2. The fraction of sp³-hybridized carbons (Fsp3) is 0.425. The van der Waals surface area contributed by atoms with Crippen LogP contribution in [0.1, 0.15) is 96.7 Å². The summed E-state index contributed by atoms with van der Waals surface area (Å²) in [4.78, 5) is 54.2. The van der Waals surface area contributed by atoms with Crippen molar-refractivity contribution < 1.29 is 36.3 Å². The molecule has 0 spiro atoms. The number of anilines is 1. The Hall–Kier alpha value is -5.96. The van der Waals surface area contributed by atoms with E-state index in [2.05, 4.69) is 20.7 Å². The molecule has 1 saturated carbocycles. The van der Waals surface area contributed by atoms with Crippen LogP contribution in [0.5, 0.6) is 0 Å². The summed E-state index contributed by atoms with van der Waals surface area (Å²) in [5, 5.41) is 19.5. The first-order valence-electron chi connectivity index (χ1n) is 18.9. The Balaban J connectivity index is 0.000000177. The summed E-state index contributed by atoms with van der Waals surface area (Å²) in [6.45, 7) is 0.203. The zero-order valence-corrected chi connectivity index (χ0v) is 31.7. The molecular formula is C40H40F5N9O4. The number of aromatic nitrogens is 5. The molecule has 8 rings (SSSR count). The number of carbonyl (C=O) groups is 3. The monoisotopic (exact) mass is 805 g/mol. The zero-order chi connectivity index (χ0) is 41.5. The Bertz CT molecular complexity index is 2510. The maximum atomic E-state index is 14.8. The SMILES string of the molecule is CN1CCC(c2cccc3c2n(C)c(=O)n3C2CCC(=O)NC2=O)C(F)(F)C1.N#Cc1cc2nn(C3CCCCC3)cc2cc1NC(=O)c1cccc(C(F)(F)F)n1. The van der Waals surface area contributed by atoms with Gasteiger partial charge in [0, 0.05) is 25.1 Å². The fourth-order valence-electron chi connectivity index (χ4n) is 8.20. The predicted molar refractivity (Wildman–Crippen MR) is 202 cm³/mol. The molecule has 2 atom stereocenters. The molecule has 2 unspecified atom stereocenters. The van der Waals surface area contributed by atoms with E-state index in [0.717, 1.165) is 43.2 Å². The lowest BCUT2D eigenvalue weighted by Gasteiger charge is -2.37. The number of carbonyl (C=O) groups excluding carboxylic acids is 3. The number of nitriles is 1. The lowest BCUT2D eigenvalue weighted by atomic mass is 9.85. The van der Waals surface area contributed by atoms with Crippen LogP contribution >= 0.6 is 0 Å². The van der Waals surface area contributed by atoms with Gasteiger partial charge in [-0.15, -0.1) is 0 Å². The van der Waals surface area contributed by atoms with Crippen LogP contribution in [0.2, 0.25) is 0 Å². The Morgan fingerprint density at radius 2 is 1.74 bits per heavy atom. The first-order chi connectivity index (χ1) is 27.5. The van der Waals surface area contributed by atoms with Crippen LogP contribution in [-0.2, 0) is 22.8 Å². The molecule has 5 heterocycles. The van der Waals surface area contributed by atoms with E-state index in [1.165, 1.54) is 28.7 Å². The first kappa shape index (κ1) is 40.2. The van der Waals surface area contributed by atoms with E-state index >= 15 is 0 Å². The van der Waals surface area contributed by atoms with Crippen LogP contribution in [0, 0.1) is 11.3 Å². The van der Waals surface area contributed by atoms with Crippen LogP contribution in [0.15, 0.2) is 59.5 Å². The van der Waals surface area contributed by atoms with Gasteiger partial charge in [-0.1, -0.05) is 37.5 Å². The van der Waals surface area contributed by atoms with Crippen LogP contribution in [0.3, 0.4) is 0 Å². The van der Waals surface area contributed by atoms with E-state index in [-0.39, 0.29) is 48.7 Å². The van der Waals surface area contributed by atoms with E-state index < -0.39 is 47.3 Å². The molecular weight excluding hydrogens is 765 g/mol. The van der Waals surface area contributed by atoms with Crippen LogP contribution in [0.4, 0.5) is 27.6 Å². The molecule has 0 bridgehead atoms. The molecule has 1 aliphatic carbocycles. The van der Waals surface area contributed by atoms with Crippen molar-refractivity contribution in [1.29, 1.82) is 5.26 Å². The third kappa shape index (κ3) is 7.95. The van der Waals surface area contributed by atoms with Crippen molar-refractivity contribution in [3.05, 3.63) is 87.7 Å². The number of hydrogen-bond donors (Lipinski definition) is 2. The number of pyridine rings is 1. The number of fused-ring (bicyclic) bond motifs is 2. The van der Waals surface area contributed by atoms with Crippen molar-refractivity contribution in [3.63, 3.8) is 0 Å². The second kappa shape index (κ2) is 15.8. The molecule has 2 aliphatic heterocycles. The maximum Gasteiger partial charge on any atom is 0.433 e. The summed E-state index contributed by atoms with van der Waals surface area (Å²) in [5.74, 6) is -5.66. The number of alkyl halides is 5. The number of para-hydroxylation sites is 1. The molecule has 2 N–H and O–H groups in total. The molecule has 13 nitrogen and oxygen atoms in total. The number of aryl methyl sites for hydroxylation is 1. The van der Waals surface area contributed by atoms with E-state index in [4.69, 9.17) is 0 Å². The number of imidazole rings is 1. The topological polar surface area (TPSA) is 160 Å². The van der Waals surface area contributed by atoms with Crippen molar-refractivity contribution >= 4 is 45.3 Å². The summed E-state index contributed by atoms with van der Waals surface area (Å²) >= 11 is 0. The second-order valence-electron chi connectivity index (χ2n) is 15.1. The van der Waals surface area contributed by atoms with Gasteiger partial charge in [0.25, 0.3) is 11.8 Å². The molecule has 3 aromatic heterocycles. The van der Waals surface area contributed by atoms with Gasteiger partial charge in [-0.2, -0.15) is 23.5 Å². The number of likely N-dealkylation sites (tertiary alicyclic amines) is 1. The quantitative estimate of drug-likeness (QED) is 0.152. The lowest BCUT2D eigenvalue weighted by Crippen LogP contribution is -2.45. The van der Waals surface area contributed by atoms with Gasteiger partial charge < -0.3 is 10.2 Å². The molecule has 5 aromatic rings. The van der Waals surface area contributed by atoms with E-state index in [0.29, 0.717) is 34.7 Å². The highest BCUT2D eigenvalue weighted by molar-refractivity contribution is 6.05. The molecule has 58 heavy (non-hydrogen) atoms. The van der Waals surface area contributed by atoms with E-state index in [1.807, 2.05) is 16.9 Å². The number of nitrogens with zero attached hydrogens (tertiary/aromatic N) is 7. The Labute approximate surface area is 328 Å². The van der Waals surface area contributed by atoms with Gasteiger partial charge in [-0.3, -0.25) is 33.5 Å². The highest BCUT2D eigenvalue weighted by Crippen LogP contribution is 2.42. The zero-order valence-electron chi connectivity index (χ0n) is 31.7. The molecule has 0 radical (unpaired) electrons. The molecule has 304 valence electrons. The highest BCUT2D eigenvalue weighted by Gasteiger charge is 2.45. The molecule has 18 heteroatoms. The number of rotatable bonds is 5. The third-order valence-electron chi connectivity index (χ3n) is 11.1. The summed E-state index contributed by atoms with van der Waals surface area (Å²) in [5.41, 5.74) is 0.308. The second-order valence-corrected chi connectivity index (χ2v) is 15.1. The van der Waals surface area contributed by atoms with Crippen LogP contribution < -0.4 is 16.3 Å².